The van der Waals surface area contributed by atoms with E-state index < -0.39 is 0 Å². The van der Waals surface area contributed by atoms with E-state index in [1.165, 1.54) is 6.33 Å². The Morgan fingerprint density at radius 1 is 1.22 bits per heavy atom. The highest BCUT2D eigenvalue weighted by molar-refractivity contribution is 6.03. The molecule has 0 aliphatic rings. The van der Waals surface area contributed by atoms with Gasteiger partial charge in [-0.2, -0.15) is 0 Å². The number of hydrogen-bond acceptors (Lipinski definition) is 6. The van der Waals surface area contributed by atoms with E-state index in [1.807, 2.05) is 6.07 Å². The van der Waals surface area contributed by atoms with E-state index >= 15 is 0 Å². The van der Waals surface area contributed by atoms with Gasteiger partial charge in [0.15, 0.2) is 0 Å². The predicted octanol–water partition coefficient (Wildman–Crippen LogP) is 2.19. The van der Waals surface area contributed by atoms with E-state index in [-0.39, 0.29) is 11.6 Å². The molecule has 1 heterocycles. The Balaban J connectivity index is 1.98. The van der Waals surface area contributed by atoms with Gasteiger partial charge in [-0.1, -0.05) is 6.07 Å². The summed E-state index contributed by atoms with van der Waals surface area (Å²) in [7, 11) is 3.23. The van der Waals surface area contributed by atoms with Crippen LogP contribution in [0.5, 0.6) is 5.75 Å². The largest absolute Gasteiger partial charge is 0.497 e. The Morgan fingerprint density at radius 2 is 2.09 bits per heavy atom. The molecule has 0 saturated heterocycles. The monoisotopic (exact) mass is 316 g/mol. The first-order valence-corrected chi connectivity index (χ1v) is 7.23. The van der Waals surface area contributed by atoms with Crippen molar-refractivity contribution in [1.82, 2.24) is 9.97 Å². The summed E-state index contributed by atoms with van der Waals surface area (Å²) in [4.78, 5) is 20.3. The Bertz CT molecular complexity index is 649. The van der Waals surface area contributed by atoms with Crippen LogP contribution in [0, 0.1) is 0 Å². The number of benzene rings is 1. The fourth-order valence-electron chi connectivity index (χ4n) is 1.91. The summed E-state index contributed by atoms with van der Waals surface area (Å²) in [6, 6.07) is 8.75. The molecule has 0 bridgehead atoms. The van der Waals surface area contributed by atoms with Crippen molar-refractivity contribution < 1.29 is 14.3 Å². The number of anilines is 2. The second kappa shape index (κ2) is 8.70. The maximum Gasteiger partial charge on any atom is 0.274 e. The standard InChI is InChI=1S/C16H20N4O3/c1-22-8-4-7-17-15-10-14(18-11-19-15)16(21)20-12-5-3-6-13(9-12)23-2/h3,5-6,9-11H,4,7-8H2,1-2H3,(H,20,21)(H,17,18,19). The molecule has 2 rings (SSSR count). The molecule has 122 valence electrons. The van der Waals surface area contributed by atoms with Crippen LogP contribution in [0.1, 0.15) is 16.9 Å². The number of carbonyl (C=O) groups is 1. The molecule has 2 N–H and O–H groups in total. The molecule has 23 heavy (non-hydrogen) atoms. The van der Waals surface area contributed by atoms with E-state index in [0.717, 1.165) is 6.42 Å². The van der Waals surface area contributed by atoms with Gasteiger partial charge in [0, 0.05) is 38.1 Å². The first-order chi connectivity index (χ1) is 11.2. The van der Waals surface area contributed by atoms with Gasteiger partial charge in [-0.3, -0.25) is 4.79 Å². The molecule has 1 amide bonds. The lowest BCUT2D eigenvalue weighted by Gasteiger charge is -2.08. The van der Waals surface area contributed by atoms with Crippen molar-refractivity contribution in [2.75, 3.05) is 38.0 Å². The van der Waals surface area contributed by atoms with Gasteiger partial charge in [0.25, 0.3) is 5.91 Å². The van der Waals surface area contributed by atoms with Crippen LogP contribution in [-0.4, -0.2) is 43.2 Å². The van der Waals surface area contributed by atoms with E-state index in [1.54, 1.807) is 38.5 Å². The van der Waals surface area contributed by atoms with Crippen LogP contribution in [0.15, 0.2) is 36.7 Å². The highest BCUT2D eigenvalue weighted by atomic mass is 16.5. The second-order valence-corrected chi connectivity index (χ2v) is 4.75. The number of rotatable bonds is 8. The Morgan fingerprint density at radius 3 is 2.87 bits per heavy atom. The third kappa shape index (κ3) is 5.23. The number of hydrogen-bond donors (Lipinski definition) is 2. The first-order valence-electron chi connectivity index (χ1n) is 7.23. The zero-order valence-electron chi connectivity index (χ0n) is 13.2. The maximum atomic E-state index is 12.3. The van der Waals surface area contributed by atoms with Crippen LogP contribution in [0.3, 0.4) is 0 Å². The maximum absolute atomic E-state index is 12.3. The molecule has 0 fully saturated rings. The second-order valence-electron chi connectivity index (χ2n) is 4.75. The van der Waals surface area contributed by atoms with Gasteiger partial charge in [-0.25, -0.2) is 9.97 Å². The van der Waals surface area contributed by atoms with Crippen molar-refractivity contribution in [3.05, 3.63) is 42.4 Å². The van der Waals surface area contributed by atoms with E-state index in [0.29, 0.717) is 30.4 Å². The molecule has 0 spiro atoms. The summed E-state index contributed by atoms with van der Waals surface area (Å²) < 4.78 is 10.1. The number of nitrogens with zero attached hydrogens (tertiary/aromatic N) is 2. The van der Waals surface area contributed by atoms with Gasteiger partial charge in [0.1, 0.15) is 23.6 Å². The van der Waals surface area contributed by atoms with Crippen LogP contribution in [-0.2, 0) is 4.74 Å². The number of ether oxygens (including phenoxy) is 2. The van der Waals surface area contributed by atoms with Gasteiger partial charge in [-0.15, -0.1) is 0 Å². The summed E-state index contributed by atoms with van der Waals surface area (Å²) in [5.41, 5.74) is 0.930. The zero-order chi connectivity index (χ0) is 16.5. The topological polar surface area (TPSA) is 85.4 Å². The lowest BCUT2D eigenvalue weighted by atomic mass is 10.3. The molecular weight excluding hydrogens is 296 g/mol. The summed E-state index contributed by atoms with van der Waals surface area (Å²) in [5, 5.41) is 5.91. The van der Waals surface area contributed by atoms with Crippen molar-refractivity contribution in [2.24, 2.45) is 0 Å². The summed E-state index contributed by atoms with van der Waals surface area (Å²) in [6.07, 6.45) is 2.21. The summed E-state index contributed by atoms with van der Waals surface area (Å²) >= 11 is 0. The average Bonchev–Trinajstić information content (AvgIpc) is 2.59. The van der Waals surface area contributed by atoms with Crippen molar-refractivity contribution in [2.45, 2.75) is 6.42 Å². The quantitative estimate of drug-likeness (QED) is 0.726. The Labute approximate surface area is 135 Å². The fourth-order valence-corrected chi connectivity index (χ4v) is 1.91. The van der Waals surface area contributed by atoms with Crippen molar-refractivity contribution in [3.63, 3.8) is 0 Å². The van der Waals surface area contributed by atoms with Gasteiger partial charge in [0.05, 0.1) is 7.11 Å². The SMILES string of the molecule is COCCCNc1cc(C(=O)Nc2cccc(OC)c2)ncn1. The highest BCUT2D eigenvalue weighted by Crippen LogP contribution is 2.17. The lowest BCUT2D eigenvalue weighted by molar-refractivity contribution is 0.102. The number of nitrogens with one attached hydrogen (secondary N) is 2. The number of amides is 1. The minimum atomic E-state index is -0.305. The summed E-state index contributed by atoms with van der Waals surface area (Å²) in [5.74, 6) is 0.971. The Kier molecular flexibility index (Phi) is 6.31. The van der Waals surface area contributed by atoms with Crippen LogP contribution in [0.4, 0.5) is 11.5 Å². The van der Waals surface area contributed by atoms with Gasteiger partial charge < -0.3 is 20.1 Å². The molecule has 0 atom stereocenters. The summed E-state index contributed by atoms with van der Waals surface area (Å²) in [6.45, 7) is 1.38. The molecule has 2 aromatic rings. The smallest absolute Gasteiger partial charge is 0.274 e. The van der Waals surface area contributed by atoms with Crippen LogP contribution in [0.25, 0.3) is 0 Å². The number of carbonyl (C=O) groups excluding carboxylic acids is 1. The molecule has 0 aliphatic heterocycles. The predicted molar refractivity (Wildman–Crippen MR) is 88.0 cm³/mol. The Hall–Kier alpha value is -2.67. The van der Waals surface area contributed by atoms with E-state index in [4.69, 9.17) is 9.47 Å². The minimum absolute atomic E-state index is 0.289. The third-order valence-electron chi connectivity index (χ3n) is 3.06. The molecular formula is C16H20N4O3. The fraction of sp³-hybridized carbons (Fsp3) is 0.312. The average molecular weight is 316 g/mol. The van der Waals surface area contributed by atoms with Crippen molar-refractivity contribution in [1.29, 1.82) is 0 Å². The molecule has 1 aromatic heterocycles. The van der Waals surface area contributed by atoms with Crippen LogP contribution < -0.4 is 15.4 Å². The number of methoxy groups -OCH3 is 2. The van der Waals surface area contributed by atoms with Crippen molar-refractivity contribution in [3.8, 4) is 5.75 Å². The highest BCUT2D eigenvalue weighted by Gasteiger charge is 2.09. The van der Waals surface area contributed by atoms with Gasteiger partial charge in [-0.05, 0) is 18.6 Å². The van der Waals surface area contributed by atoms with Gasteiger partial charge in [0.2, 0.25) is 0 Å². The molecule has 1 aromatic carbocycles. The zero-order valence-corrected chi connectivity index (χ0v) is 13.2. The molecule has 0 saturated carbocycles. The molecule has 0 aliphatic carbocycles. The van der Waals surface area contributed by atoms with Crippen LogP contribution >= 0.6 is 0 Å². The number of aromatic nitrogens is 2. The first kappa shape index (κ1) is 16.7. The van der Waals surface area contributed by atoms with Gasteiger partial charge >= 0.3 is 0 Å². The molecule has 0 radical (unpaired) electrons. The normalized spacial score (nSPS) is 10.2. The van der Waals surface area contributed by atoms with E-state index in [2.05, 4.69) is 20.6 Å². The minimum Gasteiger partial charge on any atom is -0.497 e. The third-order valence-corrected chi connectivity index (χ3v) is 3.06. The van der Waals surface area contributed by atoms with E-state index in [9.17, 15) is 4.79 Å². The molecule has 0 unspecified atom stereocenters. The van der Waals surface area contributed by atoms with Crippen LogP contribution in [0.2, 0.25) is 0 Å². The molecule has 7 nitrogen and oxygen atoms in total. The van der Waals surface area contributed by atoms with Crippen molar-refractivity contribution >= 4 is 17.4 Å². The molecule has 7 heteroatoms. The lowest BCUT2D eigenvalue weighted by Crippen LogP contribution is -2.15.